The first kappa shape index (κ1) is 15.3. The van der Waals surface area contributed by atoms with Gasteiger partial charge in [0.25, 0.3) is 0 Å². The minimum Gasteiger partial charge on any atom is -0.330 e. The molecule has 20 heavy (non-hydrogen) atoms. The lowest BCUT2D eigenvalue weighted by Crippen LogP contribution is -2.48. The predicted octanol–water partition coefficient (Wildman–Crippen LogP) is 1.57. The summed E-state index contributed by atoms with van der Waals surface area (Å²) in [5.41, 5.74) is 6.97. The van der Waals surface area contributed by atoms with Crippen LogP contribution in [0.2, 0.25) is 0 Å². The number of benzene rings is 1. The summed E-state index contributed by atoms with van der Waals surface area (Å²) in [5, 5.41) is 0. The van der Waals surface area contributed by atoms with Gasteiger partial charge in [0.1, 0.15) is 0 Å². The van der Waals surface area contributed by atoms with Crippen molar-refractivity contribution < 1.29 is 8.42 Å². The smallest absolute Gasteiger partial charge is 0.302 e. The fourth-order valence-electron chi connectivity index (χ4n) is 2.57. The maximum absolute atomic E-state index is 12.5. The van der Waals surface area contributed by atoms with Gasteiger partial charge in [0.15, 0.2) is 0 Å². The van der Waals surface area contributed by atoms with Gasteiger partial charge in [-0.15, -0.1) is 0 Å². The van der Waals surface area contributed by atoms with E-state index < -0.39 is 15.7 Å². The summed E-state index contributed by atoms with van der Waals surface area (Å²) in [7, 11) is -3.54. The van der Waals surface area contributed by atoms with E-state index in [0.29, 0.717) is 13.1 Å². The topological polar surface area (TPSA) is 75.4 Å². The first-order chi connectivity index (χ1) is 9.24. The third kappa shape index (κ3) is 3.13. The van der Waals surface area contributed by atoms with E-state index in [1.54, 1.807) is 0 Å². The second-order valence-electron chi connectivity index (χ2n) is 6.22. The average Bonchev–Trinajstić information content (AvgIpc) is 2.67. The highest BCUT2D eigenvalue weighted by Crippen LogP contribution is 2.39. The first-order valence-electron chi connectivity index (χ1n) is 6.85. The Morgan fingerprint density at radius 3 is 2.60 bits per heavy atom. The van der Waals surface area contributed by atoms with Gasteiger partial charge in [-0.2, -0.15) is 13.1 Å². The van der Waals surface area contributed by atoms with Crippen LogP contribution in [-0.4, -0.2) is 27.0 Å². The van der Waals surface area contributed by atoms with Gasteiger partial charge in [-0.3, -0.25) is 4.31 Å². The molecular formula is C14H23N3O2S. The molecule has 0 amide bonds. The molecule has 6 heteroatoms. The Balaban J connectivity index is 2.35. The number of hydrogen-bond donors (Lipinski definition) is 2. The molecule has 112 valence electrons. The van der Waals surface area contributed by atoms with E-state index in [1.165, 1.54) is 4.31 Å². The molecule has 3 N–H and O–H groups in total. The molecule has 1 aliphatic heterocycles. The lowest BCUT2D eigenvalue weighted by molar-refractivity contribution is 0.488. The molecule has 0 spiro atoms. The minimum atomic E-state index is -3.54. The molecule has 1 aliphatic rings. The van der Waals surface area contributed by atoms with Crippen molar-refractivity contribution in [3.8, 4) is 0 Å². The highest BCUT2D eigenvalue weighted by molar-refractivity contribution is 7.91. The van der Waals surface area contributed by atoms with Gasteiger partial charge in [0, 0.05) is 18.0 Å². The zero-order valence-electron chi connectivity index (χ0n) is 12.3. The molecule has 0 bridgehead atoms. The van der Waals surface area contributed by atoms with Crippen LogP contribution in [0.4, 0.5) is 5.69 Å². The number of rotatable bonds is 4. The van der Waals surface area contributed by atoms with E-state index in [0.717, 1.165) is 17.7 Å². The lowest BCUT2D eigenvalue weighted by Gasteiger charge is -2.27. The van der Waals surface area contributed by atoms with Crippen molar-refractivity contribution in [1.29, 1.82) is 0 Å². The maximum atomic E-state index is 12.5. The van der Waals surface area contributed by atoms with E-state index in [1.807, 2.05) is 45.0 Å². The number of hydrogen-bond acceptors (Lipinski definition) is 3. The number of fused-ring (bicyclic) bond motifs is 1. The predicted molar refractivity (Wildman–Crippen MR) is 82.0 cm³/mol. The second kappa shape index (κ2) is 5.35. The summed E-state index contributed by atoms with van der Waals surface area (Å²) in [5.74, 6) is 0.174. The highest BCUT2D eigenvalue weighted by Gasteiger charge is 2.36. The fourth-order valence-corrected chi connectivity index (χ4v) is 4.26. The minimum absolute atomic E-state index is 0.174. The SMILES string of the molecule is CC(C)(C)NS(=O)(=O)N1CC(CCN)c2ccccc21. The van der Waals surface area contributed by atoms with Gasteiger partial charge >= 0.3 is 10.2 Å². The molecule has 0 saturated heterocycles. The van der Waals surface area contributed by atoms with Crippen molar-refractivity contribution in [3.05, 3.63) is 29.8 Å². The molecule has 1 unspecified atom stereocenters. The van der Waals surface area contributed by atoms with Gasteiger partial charge < -0.3 is 5.73 Å². The lowest BCUT2D eigenvalue weighted by atomic mass is 9.98. The van der Waals surface area contributed by atoms with E-state index >= 15 is 0 Å². The Kier molecular flexibility index (Phi) is 4.09. The summed E-state index contributed by atoms with van der Waals surface area (Å²) < 4.78 is 29.3. The van der Waals surface area contributed by atoms with Crippen molar-refractivity contribution in [2.45, 2.75) is 38.6 Å². The average molecular weight is 297 g/mol. The largest absolute Gasteiger partial charge is 0.330 e. The van der Waals surface area contributed by atoms with Crippen molar-refractivity contribution in [1.82, 2.24) is 4.72 Å². The second-order valence-corrected chi connectivity index (χ2v) is 7.82. The van der Waals surface area contributed by atoms with Gasteiger partial charge in [-0.1, -0.05) is 18.2 Å². The zero-order valence-corrected chi connectivity index (χ0v) is 13.1. The number of para-hydroxylation sites is 1. The van der Waals surface area contributed by atoms with Crippen LogP contribution >= 0.6 is 0 Å². The molecule has 0 aliphatic carbocycles. The monoisotopic (exact) mass is 297 g/mol. The molecule has 1 heterocycles. The van der Waals surface area contributed by atoms with Crippen LogP contribution in [-0.2, 0) is 10.2 Å². The maximum Gasteiger partial charge on any atom is 0.302 e. The van der Waals surface area contributed by atoms with Crippen molar-refractivity contribution in [3.63, 3.8) is 0 Å². The number of nitrogens with one attached hydrogen (secondary N) is 1. The molecule has 0 saturated carbocycles. The van der Waals surface area contributed by atoms with E-state index in [-0.39, 0.29) is 5.92 Å². The van der Waals surface area contributed by atoms with Crippen molar-refractivity contribution in [2.24, 2.45) is 5.73 Å². The number of anilines is 1. The van der Waals surface area contributed by atoms with Crippen LogP contribution in [0.15, 0.2) is 24.3 Å². The summed E-state index contributed by atoms with van der Waals surface area (Å²) in [4.78, 5) is 0. The third-order valence-corrected chi connectivity index (χ3v) is 5.07. The quantitative estimate of drug-likeness (QED) is 0.886. The summed E-state index contributed by atoms with van der Waals surface area (Å²) >= 11 is 0. The molecular weight excluding hydrogens is 274 g/mol. The molecule has 0 aromatic heterocycles. The van der Waals surface area contributed by atoms with Crippen molar-refractivity contribution >= 4 is 15.9 Å². The third-order valence-electron chi connectivity index (χ3n) is 3.27. The first-order valence-corrected chi connectivity index (χ1v) is 8.29. The summed E-state index contributed by atoms with van der Waals surface area (Å²) in [6.07, 6.45) is 0.790. The zero-order chi connectivity index (χ0) is 15.0. The highest BCUT2D eigenvalue weighted by atomic mass is 32.2. The van der Waals surface area contributed by atoms with Gasteiger partial charge in [-0.05, 0) is 45.4 Å². The molecule has 0 radical (unpaired) electrons. The molecule has 5 nitrogen and oxygen atoms in total. The van der Waals surface area contributed by atoms with Crippen LogP contribution in [0.1, 0.15) is 38.7 Å². The normalized spacial score (nSPS) is 19.2. The number of nitrogens with zero attached hydrogens (tertiary/aromatic N) is 1. The Labute approximate surface area is 121 Å². The van der Waals surface area contributed by atoms with E-state index in [2.05, 4.69) is 4.72 Å². The van der Waals surface area contributed by atoms with Crippen molar-refractivity contribution in [2.75, 3.05) is 17.4 Å². The standard InChI is InChI=1S/C14H23N3O2S/c1-14(2,3)16-20(18,19)17-10-11(8-9-15)12-6-4-5-7-13(12)17/h4-7,11,16H,8-10,15H2,1-3H3. The van der Waals surface area contributed by atoms with Gasteiger partial charge in [0.05, 0.1) is 5.69 Å². The van der Waals surface area contributed by atoms with Crippen LogP contribution in [0, 0.1) is 0 Å². The van der Waals surface area contributed by atoms with Crippen LogP contribution in [0.3, 0.4) is 0 Å². The Hall–Kier alpha value is -1.11. The summed E-state index contributed by atoms with van der Waals surface area (Å²) in [6.45, 7) is 6.53. The van der Waals surface area contributed by atoms with Crippen LogP contribution in [0.5, 0.6) is 0 Å². The Morgan fingerprint density at radius 2 is 2.00 bits per heavy atom. The Morgan fingerprint density at radius 1 is 1.35 bits per heavy atom. The van der Waals surface area contributed by atoms with Crippen LogP contribution < -0.4 is 14.8 Å². The fraction of sp³-hybridized carbons (Fsp3) is 0.571. The van der Waals surface area contributed by atoms with Crippen LogP contribution in [0.25, 0.3) is 0 Å². The molecule has 2 rings (SSSR count). The molecule has 1 aromatic rings. The van der Waals surface area contributed by atoms with Gasteiger partial charge in [0.2, 0.25) is 0 Å². The number of nitrogens with two attached hydrogens (primary N) is 1. The Bertz CT molecular complexity index is 578. The van der Waals surface area contributed by atoms with Gasteiger partial charge in [-0.25, -0.2) is 0 Å². The molecule has 1 aromatic carbocycles. The molecule has 1 atom stereocenters. The van der Waals surface area contributed by atoms with E-state index in [9.17, 15) is 8.42 Å². The summed E-state index contributed by atoms with van der Waals surface area (Å²) in [6, 6.07) is 7.65. The molecule has 0 fully saturated rings. The van der Waals surface area contributed by atoms with E-state index in [4.69, 9.17) is 5.73 Å².